The lowest BCUT2D eigenvalue weighted by Crippen LogP contribution is -2.19. The van der Waals surface area contributed by atoms with Gasteiger partial charge < -0.3 is 5.32 Å². The Kier molecular flexibility index (Phi) is 3.97. The van der Waals surface area contributed by atoms with Crippen LogP contribution in [0.15, 0.2) is 41.8 Å². The predicted octanol–water partition coefficient (Wildman–Crippen LogP) is 3.92. The predicted molar refractivity (Wildman–Crippen MR) is 99.0 cm³/mol. The molecule has 0 atom stereocenters. The number of aromatic amines is 1. The molecule has 9 heteroatoms. The molecule has 0 radical (unpaired) electrons. The number of thiophene rings is 1. The van der Waals surface area contributed by atoms with Gasteiger partial charge in [0.2, 0.25) is 5.91 Å². The number of thiazole rings is 1. The van der Waals surface area contributed by atoms with Crippen molar-refractivity contribution in [2.75, 3.05) is 5.32 Å². The van der Waals surface area contributed by atoms with E-state index in [4.69, 9.17) is 12.2 Å². The van der Waals surface area contributed by atoms with Crippen LogP contribution in [0.2, 0.25) is 0 Å². The molecule has 0 aliphatic carbocycles. The van der Waals surface area contributed by atoms with E-state index in [-0.39, 0.29) is 12.5 Å². The first-order chi connectivity index (χ1) is 11.7. The van der Waals surface area contributed by atoms with Gasteiger partial charge in [-0.25, -0.2) is 4.98 Å². The van der Waals surface area contributed by atoms with E-state index in [9.17, 15) is 4.79 Å². The number of hydrogen-bond acceptors (Lipinski definition) is 6. The highest BCUT2D eigenvalue weighted by Gasteiger charge is 2.14. The highest BCUT2D eigenvalue weighted by molar-refractivity contribution is 7.71. The lowest BCUT2D eigenvalue weighted by atomic mass is 10.3. The molecule has 0 aliphatic heterocycles. The van der Waals surface area contributed by atoms with Crippen molar-refractivity contribution in [2.24, 2.45) is 0 Å². The molecule has 0 saturated carbocycles. The summed E-state index contributed by atoms with van der Waals surface area (Å²) in [6, 6.07) is 11.6. The summed E-state index contributed by atoms with van der Waals surface area (Å²) in [5.41, 5.74) is 0.872. The van der Waals surface area contributed by atoms with Gasteiger partial charge >= 0.3 is 0 Å². The Morgan fingerprint density at radius 1 is 1.29 bits per heavy atom. The molecule has 0 spiro atoms. The maximum Gasteiger partial charge on any atom is 0.246 e. The molecule has 0 bridgehead atoms. The highest BCUT2D eigenvalue weighted by atomic mass is 32.1. The molecule has 0 aliphatic rings. The van der Waals surface area contributed by atoms with Crippen molar-refractivity contribution in [3.05, 3.63) is 46.5 Å². The molecule has 0 fully saturated rings. The van der Waals surface area contributed by atoms with Gasteiger partial charge in [0.15, 0.2) is 15.7 Å². The van der Waals surface area contributed by atoms with E-state index in [1.807, 2.05) is 41.8 Å². The van der Waals surface area contributed by atoms with Crippen LogP contribution in [0.5, 0.6) is 0 Å². The van der Waals surface area contributed by atoms with Crippen molar-refractivity contribution in [2.45, 2.75) is 6.54 Å². The maximum atomic E-state index is 12.4. The van der Waals surface area contributed by atoms with E-state index in [1.54, 1.807) is 15.9 Å². The summed E-state index contributed by atoms with van der Waals surface area (Å²) in [7, 11) is 0. The molecule has 1 aromatic carbocycles. The SMILES string of the molecule is O=C(Cn1c(-c2cccs2)n[nH]c1=S)Nc1nc2ccccc2s1. The summed E-state index contributed by atoms with van der Waals surface area (Å²) in [5.74, 6) is 0.471. The summed E-state index contributed by atoms with van der Waals surface area (Å²) >= 11 is 8.23. The van der Waals surface area contributed by atoms with E-state index in [2.05, 4.69) is 20.5 Å². The quantitative estimate of drug-likeness (QED) is 0.532. The number of anilines is 1. The highest BCUT2D eigenvalue weighted by Crippen LogP contribution is 2.26. The Labute approximate surface area is 149 Å². The van der Waals surface area contributed by atoms with E-state index in [0.717, 1.165) is 15.1 Å². The molecule has 0 unspecified atom stereocenters. The zero-order valence-corrected chi connectivity index (χ0v) is 14.7. The van der Waals surface area contributed by atoms with Crippen molar-refractivity contribution in [1.29, 1.82) is 0 Å². The third kappa shape index (κ3) is 2.88. The molecule has 120 valence electrons. The second-order valence-electron chi connectivity index (χ2n) is 4.95. The number of amides is 1. The standard InChI is InChI=1S/C15H11N5OS3/c21-12(17-14-16-9-4-1-2-5-10(9)24-14)8-20-13(18-19-15(20)22)11-6-3-7-23-11/h1-7H,8H2,(H,19,22)(H,16,17,21). The Hall–Kier alpha value is -2.36. The molecular formula is C15H11N5OS3. The van der Waals surface area contributed by atoms with Crippen LogP contribution in [0.1, 0.15) is 0 Å². The van der Waals surface area contributed by atoms with Gasteiger partial charge in [0.05, 0.1) is 15.1 Å². The molecule has 4 aromatic rings. The Morgan fingerprint density at radius 3 is 2.96 bits per heavy atom. The van der Waals surface area contributed by atoms with Crippen LogP contribution in [0.4, 0.5) is 5.13 Å². The third-order valence-electron chi connectivity index (χ3n) is 3.34. The first-order valence-corrected chi connectivity index (χ1v) is 9.15. The minimum Gasteiger partial charge on any atom is -0.300 e. The summed E-state index contributed by atoms with van der Waals surface area (Å²) in [5, 5.41) is 12.3. The van der Waals surface area contributed by atoms with Gasteiger partial charge in [-0.1, -0.05) is 29.5 Å². The smallest absolute Gasteiger partial charge is 0.246 e. The molecule has 3 aromatic heterocycles. The monoisotopic (exact) mass is 373 g/mol. The molecule has 0 saturated heterocycles. The van der Waals surface area contributed by atoms with E-state index in [1.165, 1.54) is 11.3 Å². The van der Waals surface area contributed by atoms with Gasteiger partial charge in [0.25, 0.3) is 0 Å². The maximum absolute atomic E-state index is 12.4. The molecular weight excluding hydrogens is 362 g/mol. The fourth-order valence-electron chi connectivity index (χ4n) is 2.29. The lowest BCUT2D eigenvalue weighted by molar-refractivity contribution is -0.116. The number of para-hydroxylation sites is 1. The Bertz CT molecular complexity index is 1030. The van der Waals surface area contributed by atoms with Gasteiger partial charge in [-0.05, 0) is 35.8 Å². The van der Waals surface area contributed by atoms with Crippen molar-refractivity contribution in [3.63, 3.8) is 0 Å². The molecule has 6 nitrogen and oxygen atoms in total. The topological polar surface area (TPSA) is 75.6 Å². The average molecular weight is 373 g/mol. The number of benzene rings is 1. The molecule has 24 heavy (non-hydrogen) atoms. The number of nitrogens with zero attached hydrogens (tertiary/aromatic N) is 3. The van der Waals surface area contributed by atoms with Crippen LogP contribution in [-0.4, -0.2) is 25.7 Å². The van der Waals surface area contributed by atoms with Gasteiger partial charge in [0, 0.05) is 0 Å². The fourth-order valence-corrected chi connectivity index (χ4v) is 4.09. The third-order valence-corrected chi connectivity index (χ3v) is 5.47. The van der Waals surface area contributed by atoms with E-state index < -0.39 is 0 Å². The minimum absolute atomic E-state index is 0.0818. The normalized spacial score (nSPS) is 11.0. The number of nitrogens with one attached hydrogen (secondary N) is 2. The first-order valence-electron chi connectivity index (χ1n) is 7.05. The van der Waals surface area contributed by atoms with Gasteiger partial charge in [-0.2, -0.15) is 5.10 Å². The summed E-state index contributed by atoms with van der Waals surface area (Å²) in [4.78, 5) is 17.7. The van der Waals surface area contributed by atoms with Crippen LogP contribution >= 0.6 is 34.9 Å². The fraction of sp³-hybridized carbons (Fsp3) is 0.0667. The number of aromatic nitrogens is 4. The molecule has 2 N–H and O–H groups in total. The van der Waals surface area contributed by atoms with Crippen molar-refractivity contribution in [1.82, 2.24) is 19.7 Å². The van der Waals surface area contributed by atoms with E-state index >= 15 is 0 Å². The number of fused-ring (bicyclic) bond motifs is 1. The number of rotatable bonds is 4. The second kappa shape index (κ2) is 6.27. The number of carbonyl (C=O) groups is 1. The van der Waals surface area contributed by atoms with Crippen molar-refractivity contribution in [3.8, 4) is 10.7 Å². The minimum atomic E-state index is -0.190. The van der Waals surface area contributed by atoms with Crippen LogP contribution in [0, 0.1) is 4.77 Å². The van der Waals surface area contributed by atoms with Crippen molar-refractivity contribution < 1.29 is 4.79 Å². The summed E-state index contributed by atoms with van der Waals surface area (Å²) in [6.45, 7) is 0.0818. The van der Waals surface area contributed by atoms with Crippen LogP contribution < -0.4 is 5.32 Å². The van der Waals surface area contributed by atoms with Crippen LogP contribution in [0.25, 0.3) is 20.9 Å². The molecule has 3 heterocycles. The first kappa shape index (κ1) is 15.2. The van der Waals surface area contributed by atoms with Crippen LogP contribution in [0.3, 0.4) is 0 Å². The molecule has 4 rings (SSSR count). The number of H-pyrrole nitrogens is 1. The lowest BCUT2D eigenvalue weighted by Gasteiger charge is -2.05. The number of hydrogen-bond donors (Lipinski definition) is 2. The zero-order valence-electron chi connectivity index (χ0n) is 12.2. The van der Waals surface area contributed by atoms with Gasteiger partial charge in [-0.15, -0.1) is 11.3 Å². The zero-order chi connectivity index (χ0) is 16.5. The van der Waals surface area contributed by atoms with E-state index in [0.29, 0.717) is 15.7 Å². The van der Waals surface area contributed by atoms with Crippen LogP contribution in [-0.2, 0) is 11.3 Å². The van der Waals surface area contributed by atoms with Crippen molar-refractivity contribution >= 4 is 56.1 Å². The summed E-state index contributed by atoms with van der Waals surface area (Å²) in [6.07, 6.45) is 0. The average Bonchev–Trinajstić information content (AvgIpc) is 3.27. The summed E-state index contributed by atoms with van der Waals surface area (Å²) < 4.78 is 3.13. The molecule has 1 amide bonds. The van der Waals surface area contributed by atoms with Gasteiger partial charge in [-0.3, -0.25) is 14.5 Å². The Balaban J connectivity index is 1.56. The van der Waals surface area contributed by atoms with Gasteiger partial charge in [0.1, 0.15) is 6.54 Å². The largest absolute Gasteiger partial charge is 0.300 e. The number of carbonyl (C=O) groups excluding carboxylic acids is 1. The second-order valence-corrected chi connectivity index (χ2v) is 7.32. The Morgan fingerprint density at radius 2 is 2.17 bits per heavy atom.